The molecule has 2 fully saturated rings. The number of carbonyl (C=O) groups is 2. The van der Waals surface area contributed by atoms with Crippen molar-refractivity contribution in [1.29, 1.82) is 0 Å². The fourth-order valence-corrected chi connectivity index (χ4v) is 3.39. The molecule has 7 heteroatoms. The molecule has 0 bridgehead atoms. The molecule has 2 aliphatic rings. The molecule has 2 heterocycles. The molecule has 23 heavy (non-hydrogen) atoms. The van der Waals surface area contributed by atoms with Gasteiger partial charge >= 0.3 is 6.09 Å². The molecule has 5 nitrogen and oxygen atoms in total. The molecule has 1 spiro atoms. The number of hydrogen-bond donors (Lipinski definition) is 1. The van der Waals surface area contributed by atoms with Gasteiger partial charge in [-0.25, -0.2) is 9.18 Å². The molecular formula is C16H18ClFN2O3. The Morgan fingerprint density at radius 1 is 1.39 bits per heavy atom. The van der Waals surface area contributed by atoms with E-state index in [-0.39, 0.29) is 22.9 Å². The number of hydrogen-bond acceptors (Lipinski definition) is 3. The van der Waals surface area contributed by atoms with Gasteiger partial charge in [0.1, 0.15) is 11.4 Å². The summed E-state index contributed by atoms with van der Waals surface area (Å²) in [6.45, 7) is 1.54. The smallest absolute Gasteiger partial charge is 0.407 e. The maximum atomic E-state index is 13.8. The summed E-state index contributed by atoms with van der Waals surface area (Å²) >= 11 is 5.98. The molecule has 0 saturated carbocycles. The Morgan fingerprint density at radius 3 is 2.91 bits per heavy atom. The number of ether oxygens (including phenoxy) is 1. The minimum absolute atomic E-state index is 0.0590. The third-order valence-electron chi connectivity index (χ3n) is 4.50. The summed E-state index contributed by atoms with van der Waals surface area (Å²) in [4.78, 5) is 25.5. The van der Waals surface area contributed by atoms with Gasteiger partial charge in [0.05, 0.1) is 13.0 Å². The van der Waals surface area contributed by atoms with E-state index in [4.69, 9.17) is 16.3 Å². The van der Waals surface area contributed by atoms with Crippen molar-refractivity contribution >= 4 is 23.6 Å². The maximum absolute atomic E-state index is 13.8. The Morgan fingerprint density at radius 2 is 2.22 bits per heavy atom. The Kier molecular flexibility index (Phi) is 4.43. The van der Waals surface area contributed by atoms with Crippen molar-refractivity contribution in [3.8, 4) is 0 Å². The van der Waals surface area contributed by atoms with Crippen LogP contribution in [0.15, 0.2) is 18.2 Å². The predicted octanol–water partition coefficient (Wildman–Crippen LogP) is 2.51. The SMILES string of the molecule is O=C1NCC2(CCCN(C(=O)Cc3c(F)cccc3Cl)CC2)O1. The standard InChI is InChI=1S/C16H18ClFN2O3/c17-12-3-1-4-13(18)11(12)9-14(21)20-7-2-5-16(6-8-20)10-19-15(22)23-16/h1,3-4H,2,5-10H2,(H,19,22). The summed E-state index contributed by atoms with van der Waals surface area (Å²) in [5.41, 5.74) is -0.283. The minimum atomic E-state index is -0.512. The highest BCUT2D eigenvalue weighted by Crippen LogP contribution is 2.29. The van der Waals surface area contributed by atoms with Crippen LogP contribution < -0.4 is 5.32 Å². The third-order valence-corrected chi connectivity index (χ3v) is 4.86. The zero-order chi connectivity index (χ0) is 16.4. The van der Waals surface area contributed by atoms with E-state index in [1.807, 2.05) is 0 Å². The summed E-state index contributed by atoms with van der Waals surface area (Å²) in [6.07, 6.45) is 1.59. The van der Waals surface area contributed by atoms with Crippen LogP contribution in [0.1, 0.15) is 24.8 Å². The summed E-state index contributed by atoms with van der Waals surface area (Å²) in [7, 11) is 0. The lowest BCUT2D eigenvalue weighted by Gasteiger charge is -2.25. The third kappa shape index (κ3) is 3.42. The normalized spacial score (nSPS) is 24.3. The first-order valence-corrected chi connectivity index (χ1v) is 8.04. The van der Waals surface area contributed by atoms with Crippen molar-refractivity contribution in [3.63, 3.8) is 0 Å². The molecule has 2 amide bonds. The molecule has 3 rings (SSSR count). The molecule has 124 valence electrons. The van der Waals surface area contributed by atoms with Crippen LogP contribution in [0.4, 0.5) is 9.18 Å². The van der Waals surface area contributed by atoms with E-state index in [0.29, 0.717) is 26.1 Å². The highest BCUT2D eigenvalue weighted by Gasteiger charge is 2.41. The van der Waals surface area contributed by atoms with Crippen molar-refractivity contribution in [2.45, 2.75) is 31.3 Å². The van der Waals surface area contributed by atoms with Crippen LogP contribution in [0, 0.1) is 5.82 Å². The van der Waals surface area contributed by atoms with E-state index in [9.17, 15) is 14.0 Å². The Balaban J connectivity index is 1.66. The number of carbonyl (C=O) groups excluding carboxylic acids is 2. The Labute approximate surface area is 138 Å². The molecular weight excluding hydrogens is 323 g/mol. The quantitative estimate of drug-likeness (QED) is 0.900. The van der Waals surface area contributed by atoms with Crippen molar-refractivity contribution < 1.29 is 18.7 Å². The number of alkyl carbamates (subject to hydrolysis) is 1. The van der Waals surface area contributed by atoms with Crippen LogP contribution >= 0.6 is 11.6 Å². The van der Waals surface area contributed by atoms with Crippen LogP contribution in [-0.2, 0) is 16.0 Å². The van der Waals surface area contributed by atoms with Gasteiger partial charge in [-0.15, -0.1) is 0 Å². The molecule has 1 atom stereocenters. The first-order valence-electron chi connectivity index (χ1n) is 7.67. The monoisotopic (exact) mass is 340 g/mol. The van der Waals surface area contributed by atoms with Crippen LogP contribution in [0.3, 0.4) is 0 Å². The topological polar surface area (TPSA) is 58.6 Å². The van der Waals surface area contributed by atoms with Crippen LogP contribution in [0.5, 0.6) is 0 Å². The largest absolute Gasteiger partial charge is 0.441 e. The van der Waals surface area contributed by atoms with Crippen molar-refractivity contribution in [3.05, 3.63) is 34.6 Å². The second kappa shape index (κ2) is 6.35. The number of rotatable bonds is 2. The Hall–Kier alpha value is -1.82. The molecule has 2 aliphatic heterocycles. The highest BCUT2D eigenvalue weighted by molar-refractivity contribution is 6.31. The average molecular weight is 341 g/mol. The average Bonchev–Trinajstić information content (AvgIpc) is 2.75. The van der Waals surface area contributed by atoms with Gasteiger partial charge in [0.2, 0.25) is 5.91 Å². The van der Waals surface area contributed by atoms with Gasteiger partial charge in [-0.1, -0.05) is 17.7 Å². The number of likely N-dealkylation sites (tertiary alicyclic amines) is 1. The number of amides is 2. The van der Waals surface area contributed by atoms with E-state index < -0.39 is 17.5 Å². The lowest BCUT2D eigenvalue weighted by molar-refractivity contribution is -0.130. The van der Waals surface area contributed by atoms with Crippen LogP contribution in [0.2, 0.25) is 5.02 Å². The molecule has 1 aromatic rings. The van der Waals surface area contributed by atoms with Gasteiger partial charge in [0.15, 0.2) is 0 Å². The van der Waals surface area contributed by atoms with Gasteiger partial charge in [0.25, 0.3) is 0 Å². The second-order valence-electron chi connectivity index (χ2n) is 6.04. The van der Waals surface area contributed by atoms with E-state index in [1.165, 1.54) is 12.1 Å². The van der Waals surface area contributed by atoms with Crippen molar-refractivity contribution in [2.24, 2.45) is 0 Å². The minimum Gasteiger partial charge on any atom is -0.441 e. The summed E-state index contributed by atoms with van der Waals surface area (Å²) in [5, 5.41) is 2.94. The Bertz CT molecular complexity index is 620. The zero-order valence-corrected chi connectivity index (χ0v) is 13.4. The fraction of sp³-hybridized carbons (Fsp3) is 0.500. The van der Waals surface area contributed by atoms with Crippen molar-refractivity contribution in [2.75, 3.05) is 19.6 Å². The number of halogens is 2. The van der Waals surface area contributed by atoms with E-state index in [2.05, 4.69) is 5.32 Å². The molecule has 2 saturated heterocycles. The summed E-state index contributed by atoms with van der Waals surface area (Å²) in [6, 6.07) is 4.40. The van der Waals surface area contributed by atoms with Crippen molar-refractivity contribution in [1.82, 2.24) is 10.2 Å². The number of benzene rings is 1. The van der Waals surface area contributed by atoms with E-state index in [1.54, 1.807) is 11.0 Å². The van der Waals surface area contributed by atoms with E-state index >= 15 is 0 Å². The maximum Gasteiger partial charge on any atom is 0.407 e. The van der Waals surface area contributed by atoms with Gasteiger partial charge in [-0.2, -0.15) is 0 Å². The van der Waals surface area contributed by atoms with Crippen LogP contribution in [-0.4, -0.2) is 42.1 Å². The van der Waals surface area contributed by atoms with Gasteiger partial charge in [0, 0.05) is 30.1 Å². The highest BCUT2D eigenvalue weighted by atomic mass is 35.5. The lowest BCUT2D eigenvalue weighted by atomic mass is 9.95. The van der Waals surface area contributed by atoms with E-state index in [0.717, 1.165) is 12.8 Å². The molecule has 1 aromatic carbocycles. The molecule has 0 radical (unpaired) electrons. The molecule has 0 aliphatic carbocycles. The second-order valence-corrected chi connectivity index (χ2v) is 6.44. The summed E-state index contributed by atoms with van der Waals surface area (Å²) < 4.78 is 19.2. The predicted molar refractivity (Wildman–Crippen MR) is 82.8 cm³/mol. The molecule has 1 N–H and O–H groups in total. The summed E-state index contributed by atoms with van der Waals surface area (Å²) in [5.74, 6) is -0.627. The zero-order valence-electron chi connectivity index (χ0n) is 12.6. The molecule has 0 aromatic heterocycles. The number of nitrogens with zero attached hydrogens (tertiary/aromatic N) is 1. The first-order chi connectivity index (χ1) is 11.0. The van der Waals surface area contributed by atoms with Gasteiger partial charge < -0.3 is 15.0 Å². The van der Waals surface area contributed by atoms with Crippen LogP contribution in [0.25, 0.3) is 0 Å². The van der Waals surface area contributed by atoms with Gasteiger partial charge in [-0.3, -0.25) is 4.79 Å². The van der Waals surface area contributed by atoms with Gasteiger partial charge in [-0.05, 0) is 25.0 Å². The number of nitrogens with one attached hydrogen (secondary N) is 1. The lowest BCUT2D eigenvalue weighted by Crippen LogP contribution is -2.37. The fourth-order valence-electron chi connectivity index (χ4n) is 3.16. The molecule has 1 unspecified atom stereocenters. The first kappa shape index (κ1) is 16.1.